The van der Waals surface area contributed by atoms with Gasteiger partial charge in [0.05, 0.1) is 5.69 Å². The van der Waals surface area contributed by atoms with Crippen molar-refractivity contribution in [3.8, 4) is 17.1 Å². The van der Waals surface area contributed by atoms with Crippen molar-refractivity contribution in [1.82, 2.24) is 25.0 Å². The maximum Gasteiger partial charge on any atom is 0.276 e. The van der Waals surface area contributed by atoms with Gasteiger partial charge in [0.25, 0.3) is 5.91 Å². The number of benzene rings is 2. The Bertz CT molecular complexity index is 1310. The maximum atomic E-state index is 13.1. The van der Waals surface area contributed by atoms with E-state index in [1.54, 1.807) is 0 Å². The Balaban J connectivity index is 1.24. The van der Waals surface area contributed by atoms with Gasteiger partial charge >= 0.3 is 0 Å². The molecule has 32 heavy (non-hydrogen) atoms. The number of nitrogens with one attached hydrogen (secondary N) is 2. The lowest BCUT2D eigenvalue weighted by Crippen LogP contribution is -2.15. The quantitative estimate of drug-likeness (QED) is 0.491. The number of hydrogen-bond acceptors (Lipinski definition) is 4. The van der Waals surface area contributed by atoms with Gasteiger partial charge < -0.3 is 5.32 Å². The second-order valence-electron chi connectivity index (χ2n) is 8.68. The summed E-state index contributed by atoms with van der Waals surface area (Å²) in [6.45, 7) is 2.07. The number of H-pyrrole nitrogens is 1. The van der Waals surface area contributed by atoms with Crippen molar-refractivity contribution in [3.05, 3.63) is 76.9 Å². The highest BCUT2D eigenvalue weighted by atomic mass is 16.2. The van der Waals surface area contributed by atoms with Crippen molar-refractivity contribution in [1.29, 1.82) is 0 Å². The standard InChI is InChI=1S/C25H24N6O/c1-15-5-2-3-7-20(15)31-21-8-4-6-19(21)22(30-31)25(32)26-18-13-11-17(12-14-18)24-27-23(28-29-24)16-9-10-16/h2-3,5,7,11-14,16H,4,6,8-10H2,1H3,(H,26,32)(H,27,28,29). The molecule has 0 spiro atoms. The van der Waals surface area contributed by atoms with Crippen molar-refractivity contribution in [2.24, 2.45) is 0 Å². The lowest BCUT2D eigenvalue weighted by atomic mass is 10.1. The zero-order valence-corrected chi connectivity index (χ0v) is 17.9. The summed E-state index contributed by atoms with van der Waals surface area (Å²) in [4.78, 5) is 17.7. The number of hydrogen-bond donors (Lipinski definition) is 2. The van der Waals surface area contributed by atoms with E-state index in [9.17, 15) is 4.79 Å². The minimum atomic E-state index is -0.169. The summed E-state index contributed by atoms with van der Waals surface area (Å²) in [5.74, 6) is 2.03. The number of nitrogens with zero attached hydrogens (tertiary/aromatic N) is 4. The molecule has 1 saturated carbocycles. The monoisotopic (exact) mass is 424 g/mol. The van der Waals surface area contributed by atoms with Gasteiger partial charge in [0.2, 0.25) is 0 Å². The summed E-state index contributed by atoms with van der Waals surface area (Å²) in [7, 11) is 0. The zero-order chi connectivity index (χ0) is 21.7. The van der Waals surface area contributed by atoms with E-state index in [4.69, 9.17) is 5.10 Å². The van der Waals surface area contributed by atoms with Crippen LogP contribution in [0.2, 0.25) is 0 Å². The Hall–Kier alpha value is -3.74. The van der Waals surface area contributed by atoms with Crippen LogP contribution >= 0.6 is 0 Å². The number of carbonyl (C=O) groups excluding carboxylic acids is 1. The molecule has 0 bridgehead atoms. The lowest BCUT2D eigenvalue weighted by molar-refractivity contribution is 0.102. The number of para-hydroxylation sites is 1. The first kappa shape index (κ1) is 19.0. The van der Waals surface area contributed by atoms with Crippen LogP contribution in [-0.2, 0) is 12.8 Å². The number of rotatable bonds is 5. The molecule has 4 aromatic rings. The van der Waals surface area contributed by atoms with Gasteiger partial charge in [0.1, 0.15) is 5.82 Å². The van der Waals surface area contributed by atoms with E-state index in [0.717, 1.165) is 58.8 Å². The highest BCUT2D eigenvalue weighted by Gasteiger charge is 2.28. The van der Waals surface area contributed by atoms with E-state index in [0.29, 0.717) is 17.4 Å². The normalized spacial score (nSPS) is 15.0. The third-order valence-corrected chi connectivity index (χ3v) is 6.36. The van der Waals surface area contributed by atoms with Crippen molar-refractivity contribution < 1.29 is 4.79 Å². The second kappa shape index (κ2) is 7.44. The molecule has 1 fully saturated rings. The maximum absolute atomic E-state index is 13.1. The van der Waals surface area contributed by atoms with Crippen LogP contribution in [0.3, 0.4) is 0 Å². The van der Waals surface area contributed by atoms with Gasteiger partial charge in [-0.15, -0.1) is 0 Å². The summed E-state index contributed by atoms with van der Waals surface area (Å²) in [6.07, 6.45) is 5.24. The predicted octanol–water partition coefficient (Wildman–Crippen LogP) is 4.58. The van der Waals surface area contributed by atoms with Crippen LogP contribution in [0.15, 0.2) is 48.5 Å². The van der Waals surface area contributed by atoms with Crippen molar-refractivity contribution in [2.45, 2.75) is 44.9 Å². The molecule has 0 unspecified atom stereocenters. The fourth-order valence-electron chi connectivity index (χ4n) is 4.46. The summed E-state index contributed by atoms with van der Waals surface area (Å²) in [6, 6.07) is 15.8. The number of aromatic amines is 1. The minimum absolute atomic E-state index is 0.169. The molecule has 2 aromatic heterocycles. The summed E-state index contributed by atoms with van der Waals surface area (Å²) in [5, 5.41) is 15.1. The summed E-state index contributed by atoms with van der Waals surface area (Å²) < 4.78 is 1.95. The number of carbonyl (C=O) groups is 1. The lowest BCUT2D eigenvalue weighted by Gasteiger charge is -2.08. The van der Waals surface area contributed by atoms with Crippen molar-refractivity contribution in [3.63, 3.8) is 0 Å². The van der Waals surface area contributed by atoms with Crippen LogP contribution in [0.5, 0.6) is 0 Å². The van der Waals surface area contributed by atoms with Crippen LogP contribution < -0.4 is 5.32 Å². The van der Waals surface area contributed by atoms with Crippen LogP contribution in [0.4, 0.5) is 5.69 Å². The summed E-state index contributed by atoms with van der Waals surface area (Å²) >= 11 is 0. The molecule has 2 heterocycles. The van der Waals surface area contributed by atoms with Crippen molar-refractivity contribution in [2.75, 3.05) is 5.32 Å². The topological polar surface area (TPSA) is 88.5 Å². The van der Waals surface area contributed by atoms with Gasteiger partial charge in [-0.2, -0.15) is 10.2 Å². The molecule has 7 heteroatoms. The Morgan fingerprint density at radius 2 is 1.91 bits per heavy atom. The molecule has 0 saturated heterocycles. The number of aromatic nitrogens is 5. The minimum Gasteiger partial charge on any atom is -0.321 e. The Morgan fingerprint density at radius 3 is 2.69 bits per heavy atom. The Morgan fingerprint density at radius 1 is 1.09 bits per heavy atom. The zero-order valence-electron chi connectivity index (χ0n) is 17.9. The highest BCUT2D eigenvalue weighted by Crippen LogP contribution is 2.38. The predicted molar refractivity (Wildman–Crippen MR) is 122 cm³/mol. The van der Waals surface area contributed by atoms with Crippen LogP contribution in [0.1, 0.15) is 58.3 Å². The van der Waals surface area contributed by atoms with Gasteiger partial charge in [-0.25, -0.2) is 9.67 Å². The number of aryl methyl sites for hydroxylation is 1. The average Bonchev–Trinajstić information content (AvgIpc) is 3.21. The van der Waals surface area contributed by atoms with Gasteiger partial charge in [-0.05, 0) is 74.9 Å². The molecule has 2 aliphatic carbocycles. The van der Waals surface area contributed by atoms with E-state index in [2.05, 4.69) is 39.6 Å². The largest absolute Gasteiger partial charge is 0.321 e. The molecule has 0 atom stereocenters. The van der Waals surface area contributed by atoms with Crippen LogP contribution in [-0.4, -0.2) is 30.9 Å². The van der Waals surface area contributed by atoms with Gasteiger partial charge in [0.15, 0.2) is 11.5 Å². The first-order chi connectivity index (χ1) is 15.7. The van der Waals surface area contributed by atoms with Crippen molar-refractivity contribution >= 4 is 11.6 Å². The molecule has 7 nitrogen and oxygen atoms in total. The average molecular weight is 425 g/mol. The second-order valence-corrected chi connectivity index (χ2v) is 8.68. The highest BCUT2D eigenvalue weighted by molar-refractivity contribution is 6.04. The van der Waals surface area contributed by atoms with E-state index in [1.165, 1.54) is 12.8 Å². The molecule has 2 aliphatic rings. The fourth-order valence-corrected chi connectivity index (χ4v) is 4.46. The van der Waals surface area contributed by atoms with Gasteiger partial charge in [0, 0.05) is 28.4 Å². The Labute approximate surface area is 185 Å². The fraction of sp³-hybridized carbons (Fsp3) is 0.280. The van der Waals surface area contributed by atoms with Gasteiger partial charge in [-0.1, -0.05) is 18.2 Å². The van der Waals surface area contributed by atoms with E-state index in [-0.39, 0.29) is 5.91 Å². The molecular weight excluding hydrogens is 400 g/mol. The molecule has 160 valence electrons. The molecule has 2 aromatic carbocycles. The van der Waals surface area contributed by atoms with E-state index in [1.807, 2.05) is 41.1 Å². The molecule has 0 aliphatic heterocycles. The molecular formula is C25H24N6O. The molecule has 2 N–H and O–H groups in total. The molecule has 6 rings (SSSR count). The van der Waals surface area contributed by atoms with E-state index >= 15 is 0 Å². The third kappa shape index (κ3) is 3.30. The first-order valence-corrected chi connectivity index (χ1v) is 11.2. The number of fused-ring (bicyclic) bond motifs is 1. The SMILES string of the molecule is Cc1ccccc1-n1nc(C(=O)Nc2ccc(-c3n[nH]c(C4CC4)n3)cc2)c2c1CCC2. The summed E-state index contributed by atoms with van der Waals surface area (Å²) in [5.41, 5.74) is 6.57. The smallest absolute Gasteiger partial charge is 0.276 e. The molecule has 1 amide bonds. The number of anilines is 1. The van der Waals surface area contributed by atoms with Crippen LogP contribution in [0, 0.1) is 6.92 Å². The Kier molecular flexibility index (Phi) is 4.41. The third-order valence-electron chi connectivity index (χ3n) is 6.36. The van der Waals surface area contributed by atoms with Crippen LogP contribution in [0.25, 0.3) is 17.1 Å². The number of amides is 1. The first-order valence-electron chi connectivity index (χ1n) is 11.2. The van der Waals surface area contributed by atoms with Gasteiger partial charge in [-0.3, -0.25) is 9.89 Å². The molecule has 0 radical (unpaired) electrons. The van der Waals surface area contributed by atoms with E-state index < -0.39 is 0 Å².